The van der Waals surface area contributed by atoms with Gasteiger partial charge in [0.15, 0.2) is 11.5 Å². The lowest BCUT2D eigenvalue weighted by molar-refractivity contribution is -0.144. The summed E-state index contributed by atoms with van der Waals surface area (Å²) in [5.74, 6) is 1.62. The quantitative estimate of drug-likeness (QED) is 0.840. The van der Waals surface area contributed by atoms with E-state index in [1.807, 2.05) is 55.7 Å². The molecule has 0 radical (unpaired) electrons. The molecule has 1 saturated heterocycles. The molecule has 2 heterocycles. The van der Waals surface area contributed by atoms with Crippen LogP contribution in [0.25, 0.3) is 0 Å². The van der Waals surface area contributed by atoms with Crippen LogP contribution < -0.4 is 9.47 Å². The second kappa shape index (κ2) is 6.58. The first kappa shape index (κ1) is 17.6. The first-order valence-electron chi connectivity index (χ1n) is 8.79. The summed E-state index contributed by atoms with van der Waals surface area (Å²) in [5, 5.41) is 0. The topological polar surface area (TPSA) is 59.1 Å². The largest absolute Gasteiger partial charge is 0.454 e. The highest BCUT2D eigenvalue weighted by Gasteiger charge is 2.36. The number of amides is 2. The van der Waals surface area contributed by atoms with Crippen molar-refractivity contribution in [3.8, 4) is 11.5 Å². The second-order valence-corrected chi connectivity index (χ2v) is 7.47. The van der Waals surface area contributed by atoms with Crippen LogP contribution >= 0.6 is 0 Å². The maximum absolute atomic E-state index is 13.1. The van der Waals surface area contributed by atoms with Gasteiger partial charge in [-0.1, -0.05) is 19.9 Å². The van der Waals surface area contributed by atoms with Crippen molar-refractivity contribution >= 4 is 11.8 Å². The van der Waals surface area contributed by atoms with E-state index < -0.39 is 5.41 Å². The minimum Gasteiger partial charge on any atom is -0.454 e. The first-order chi connectivity index (χ1) is 11.8. The van der Waals surface area contributed by atoms with Crippen molar-refractivity contribution in [1.29, 1.82) is 0 Å². The normalized spacial score (nSPS) is 17.2. The molecule has 2 aliphatic rings. The van der Waals surface area contributed by atoms with Gasteiger partial charge in [0.2, 0.25) is 18.6 Å². The average molecular weight is 346 g/mol. The molecular formula is C19H26N2O4. The molecule has 25 heavy (non-hydrogen) atoms. The van der Waals surface area contributed by atoms with Crippen molar-refractivity contribution in [2.45, 2.75) is 33.1 Å². The summed E-state index contributed by atoms with van der Waals surface area (Å²) in [6, 6.07) is 5.66. The van der Waals surface area contributed by atoms with Gasteiger partial charge in [-0.2, -0.15) is 0 Å². The van der Waals surface area contributed by atoms with Crippen LogP contribution in [0.2, 0.25) is 0 Å². The standard InChI is InChI=1S/C19H26N2O4/c1-13(2)17(22)20-7-9-21(10-8-20)18(23)19(3,4)14-5-6-15-16(11-14)25-12-24-15/h5-6,11,13H,7-10,12H2,1-4H3. The van der Waals surface area contributed by atoms with E-state index in [4.69, 9.17) is 9.47 Å². The number of carbonyl (C=O) groups excluding carboxylic acids is 2. The summed E-state index contributed by atoms with van der Waals surface area (Å²) in [4.78, 5) is 28.9. The molecule has 1 aromatic rings. The number of hydrogen-bond donors (Lipinski definition) is 0. The van der Waals surface area contributed by atoms with Crippen LogP contribution in [0, 0.1) is 5.92 Å². The minimum absolute atomic E-state index is 0.00711. The van der Waals surface area contributed by atoms with Crippen LogP contribution in [0.15, 0.2) is 18.2 Å². The van der Waals surface area contributed by atoms with Crippen molar-refractivity contribution in [2.75, 3.05) is 33.0 Å². The number of hydrogen-bond acceptors (Lipinski definition) is 4. The van der Waals surface area contributed by atoms with Gasteiger partial charge in [-0.25, -0.2) is 0 Å². The van der Waals surface area contributed by atoms with E-state index in [1.54, 1.807) is 0 Å². The maximum Gasteiger partial charge on any atom is 0.232 e. The van der Waals surface area contributed by atoms with E-state index in [1.165, 1.54) is 0 Å². The van der Waals surface area contributed by atoms with Crippen molar-refractivity contribution in [2.24, 2.45) is 5.92 Å². The monoisotopic (exact) mass is 346 g/mol. The highest BCUT2D eigenvalue weighted by atomic mass is 16.7. The fourth-order valence-electron chi connectivity index (χ4n) is 3.30. The molecule has 2 aliphatic heterocycles. The molecule has 1 aromatic carbocycles. The van der Waals surface area contributed by atoms with Crippen LogP contribution in [-0.2, 0) is 15.0 Å². The number of rotatable bonds is 3. The SMILES string of the molecule is CC(C)C(=O)N1CCN(C(=O)C(C)(C)c2ccc3c(c2)OCO3)CC1. The van der Waals surface area contributed by atoms with E-state index in [-0.39, 0.29) is 24.5 Å². The number of carbonyl (C=O) groups is 2. The van der Waals surface area contributed by atoms with E-state index in [9.17, 15) is 9.59 Å². The van der Waals surface area contributed by atoms with Gasteiger partial charge >= 0.3 is 0 Å². The third-order valence-electron chi connectivity index (χ3n) is 5.00. The van der Waals surface area contributed by atoms with E-state index >= 15 is 0 Å². The molecule has 6 nitrogen and oxygen atoms in total. The summed E-state index contributed by atoms with van der Waals surface area (Å²) >= 11 is 0. The van der Waals surface area contributed by atoms with Gasteiger partial charge in [0.05, 0.1) is 5.41 Å². The predicted octanol–water partition coefficient (Wildman–Crippen LogP) is 2.02. The number of fused-ring (bicyclic) bond motifs is 1. The molecule has 0 N–H and O–H groups in total. The van der Waals surface area contributed by atoms with Gasteiger partial charge in [-0.05, 0) is 31.5 Å². The third-order valence-corrected chi connectivity index (χ3v) is 5.00. The highest BCUT2D eigenvalue weighted by Crippen LogP contribution is 2.37. The number of benzene rings is 1. The summed E-state index contributed by atoms with van der Waals surface area (Å²) in [6.45, 7) is 10.2. The Morgan fingerprint density at radius 2 is 1.60 bits per heavy atom. The molecule has 0 bridgehead atoms. The molecule has 0 saturated carbocycles. The van der Waals surface area contributed by atoms with Crippen LogP contribution in [-0.4, -0.2) is 54.6 Å². The zero-order valence-electron chi connectivity index (χ0n) is 15.4. The molecule has 0 spiro atoms. The lowest BCUT2D eigenvalue weighted by Gasteiger charge is -2.39. The Bertz CT molecular complexity index is 676. The van der Waals surface area contributed by atoms with Gasteiger partial charge in [0, 0.05) is 32.1 Å². The Morgan fingerprint density at radius 3 is 2.24 bits per heavy atom. The molecule has 1 fully saturated rings. The Labute approximate surface area is 148 Å². The van der Waals surface area contributed by atoms with Gasteiger partial charge in [0.1, 0.15) is 0 Å². The van der Waals surface area contributed by atoms with Crippen molar-refractivity contribution in [1.82, 2.24) is 9.80 Å². The van der Waals surface area contributed by atoms with Crippen molar-refractivity contribution in [3.63, 3.8) is 0 Å². The number of nitrogens with zero attached hydrogens (tertiary/aromatic N) is 2. The molecule has 0 aromatic heterocycles. The Hall–Kier alpha value is -2.24. The molecule has 2 amide bonds. The van der Waals surface area contributed by atoms with Crippen LogP contribution in [0.5, 0.6) is 11.5 Å². The first-order valence-corrected chi connectivity index (χ1v) is 8.79. The van der Waals surface area contributed by atoms with Crippen LogP contribution in [0.1, 0.15) is 33.3 Å². The Balaban J connectivity index is 1.69. The van der Waals surface area contributed by atoms with E-state index in [2.05, 4.69) is 0 Å². The zero-order chi connectivity index (χ0) is 18.2. The smallest absolute Gasteiger partial charge is 0.232 e. The molecule has 0 atom stereocenters. The van der Waals surface area contributed by atoms with Crippen molar-refractivity contribution < 1.29 is 19.1 Å². The molecular weight excluding hydrogens is 320 g/mol. The lowest BCUT2D eigenvalue weighted by Crippen LogP contribution is -2.54. The Kier molecular flexibility index (Phi) is 4.62. The molecule has 6 heteroatoms. The van der Waals surface area contributed by atoms with Gasteiger partial charge in [-0.15, -0.1) is 0 Å². The zero-order valence-corrected chi connectivity index (χ0v) is 15.4. The van der Waals surface area contributed by atoms with Gasteiger partial charge in [-0.3, -0.25) is 9.59 Å². The second-order valence-electron chi connectivity index (χ2n) is 7.47. The summed E-state index contributed by atoms with van der Waals surface area (Å²) < 4.78 is 10.8. The molecule has 0 unspecified atom stereocenters. The highest BCUT2D eigenvalue weighted by molar-refractivity contribution is 5.88. The minimum atomic E-state index is -0.662. The third kappa shape index (κ3) is 3.30. The molecule has 136 valence electrons. The van der Waals surface area contributed by atoms with Gasteiger partial charge < -0.3 is 19.3 Å². The predicted molar refractivity (Wildman–Crippen MR) is 93.6 cm³/mol. The van der Waals surface area contributed by atoms with Crippen LogP contribution in [0.4, 0.5) is 0 Å². The Morgan fingerprint density at radius 1 is 1.00 bits per heavy atom. The van der Waals surface area contributed by atoms with E-state index in [0.29, 0.717) is 37.7 Å². The lowest BCUT2D eigenvalue weighted by atomic mass is 9.82. The fourth-order valence-corrected chi connectivity index (χ4v) is 3.30. The molecule has 3 rings (SSSR count). The maximum atomic E-state index is 13.1. The summed E-state index contributed by atoms with van der Waals surface area (Å²) in [7, 11) is 0. The van der Waals surface area contributed by atoms with E-state index in [0.717, 1.165) is 5.56 Å². The van der Waals surface area contributed by atoms with Gasteiger partial charge in [0.25, 0.3) is 0 Å². The number of piperazine rings is 1. The summed E-state index contributed by atoms with van der Waals surface area (Å²) in [6.07, 6.45) is 0. The fraction of sp³-hybridized carbons (Fsp3) is 0.579. The number of ether oxygens (including phenoxy) is 2. The van der Waals surface area contributed by atoms with Crippen molar-refractivity contribution in [3.05, 3.63) is 23.8 Å². The summed E-state index contributed by atoms with van der Waals surface area (Å²) in [5.41, 5.74) is 0.244. The molecule has 0 aliphatic carbocycles. The average Bonchev–Trinajstić information content (AvgIpc) is 3.08. The van der Waals surface area contributed by atoms with Crippen LogP contribution in [0.3, 0.4) is 0 Å².